The first kappa shape index (κ1) is 18.3. The largest absolute Gasteiger partial charge is 0.381 e. The van der Waals surface area contributed by atoms with E-state index in [0.29, 0.717) is 25.7 Å². The number of aromatic nitrogens is 3. The number of amides is 1. The Hall–Kier alpha value is -1.08. The van der Waals surface area contributed by atoms with Gasteiger partial charge in [-0.25, -0.2) is 0 Å². The molecule has 23 heavy (non-hydrogen) atoms. The molecule has 2 heterocycles. The molecule has 1 aromatic rings. The second-order valence-electron chi connectivity index (χ2n) is 6.39. The summed E-state index contributed by atoms with van der Waals surface area (Å²) in [5.41, 5.74) is 0. The Labute approximate surface area is 142 Å². The maximum absolute atomic E-state index is 12.1. The highest BCUT2D eigenvalue weighted by molar-refractivity contribution is 7.98. The van der Waals surface area contributed by atoms with Crippen LogP contribution in [0.4, 0.5) is 0 Å². The van der Waals surface area contributed by atoms with Crippen LogP contribution in [0.3, 0.4) is 0 Å². The highest BCUT2D eigenvalue weighted by Crippen LogP contribution is 2.17. The molecule has 1 fully saturated rings. The zero-order valence-electron chi connectivity index (χ0n) is 14.4. The van der Waals surface area contributed by atoms with Gasteiger partial charge < -0.3 is 14.6 Å². The van der Waals surface area contributed by atoms with E-state index in [1.807, 2.05) is 6.26 Å². The normalized spacial score (nSPS) is 16.0. The lowest BCUT2D eigenvalue weighted by Crippen LogP contribution is -2.34. The first-order valence-corrected chi connectivity index (χ1v) is 9.65. The smallest absolute Gasteiger partial charge is 0.223 e. The minimum absolute atomic E-state index is 0.122. The Morgan fingerprint density at radius 2 is 2.13 bits per heavy atom. The topological polar surface area (TPSA) is 69.0 Å². The van der Waals surface area contributed by atoms with Gasteiger partial charge in [0.15, 0.2) is 5.16 Å². The zero-order valence-corrected chi connectivity index (χ0v) is 15.2. The van der Waals surface area contributed by atoms with Crippen molar-refractivity contribution < 1.29 is 9.53 Å². The summed E-state index contributed by atoms with van der Waals surface area (Å²) in [7, 11) is 0. The fraction of sp³-hybridized carbons (Fsp3) is 0.812. The number of carbonyl (C=O) groups is 1. The average molecular weight is 340 g/mol. The van der Waals surface area contributed by atoms with Crippen LogP contribution in [0.1, 0.15) is 38.9 Å². The van der Waals surface area contributed by atoms with Gasteiger partial charge in [0.05, 0.1) is 0 Å². The molecule has 130 valence electrons. The van der Waals surface area contributed by atoms with Gasteiger partial charge in [-0.05, 0) is 31.4 Å². The monoisotopic (exact) mass is 340 g/mol. The molecule has 0 atom stereocenters. The summed E-state index contributed by atoms with van der Waals surface area (Å²) in [6.45, 7) is 7.43. The van der Waals surface area contributed by atoms with Crippen LogP contribution in [-0.2, 0) is 22.5 Å². The molecule has 0 aliphatic carbocycles. The number of hydrogen-bond donors (Lipinski definition) is 1. The van der Waals surface area contributed by atoms with Gasteiger partial charge in [0.2, 0.25) is 5.91 Å². The molecule has 1 aliphatic heterocycles. The number of carbonyl (C=O) groups excluding carboxylic acids is 1. The Morgan fingerprint density at radius 1 is 1.39 bits per heavy atom. The molecule has 0 unspecified atom stereocenters. The lowest BCUT2D eigenvalue weighted by molar-refractivity contribution is -0.127. The van der Waals surface area contributed by atoms with Gasteiger partial charge in [0.25, 0.3) is 0 Å². The highest BCUT2D eigenvalue weighted by atomic mass is 32.2. The van der Waals surface area contributed by atoms with Crippen LogP contribution in [-0.4, -0.2) is 46.7 Å². The van der Waals surface area contributed by atoms with Crippen molar-refractivity contribution in [2.75, 3.05) is 26.0 Å². The molecular weight excluding hydrogens is 312 g/mol. The molecule has 2 rings (SSSR count). The van der Waals surface area contributed by atoms with E-state index in [2.05, 4.69) is 33.9 Å². The van der Waals surface area contributed by atoms with Gasteiger partial charge in [-0.1, -0.05) is 25.6 Å². The maximum atomic E-state index is 12.1. The number of nitrogens with zero attached hydrogens (tertiary/aromatic N) is 3. The SMILES string of the molecule is CSc1nnc(CCCNC(=O)C2CCOCC2)n1CC(C)C. The Bertz CT molecular complexity index is 498. The van der Waals surface area contributed by atoms with Gasteiger partial charge in [-0.2, -0.15) is 0 Å². The van der Waals surface area contributed by atoms with Crippen LogP contribution in [0.25, 0.3) is 0 Å². The first-order valence-electron chi connectivity index (χ1n) is 8.43. The van der Waals surface area contributed by atoms with E-state index in [1.54, 1.807) is 11.8 Å². The quantitative estimate of drug-likeness (QED) is 0.580. The van der Waals surface area contributed by atoms with E-state index in [1.165, 1.54) is 0 Å². The van der Waals surface area contributed by atoms with Crippen LogP contribution in [0, 0.1) is 11.8 Å². The minimum atomic E-state index is 0.122. The minimum Gasteiger partial charge on any atom is -0.381 e. The van der Waals surface area contributed by atoms with E-state index < -0.39 is 0 Å². The third kappa shape index (κ3) is 5.49. The second kappa shape index (κ2) is 9.27. The number of ether oxygens (including phenoxy) is 1. The first-order chi connectivity index (χ1) is 11.1. The lowest BCUT2D eigenvalue weighted by Gasteiger charge is -2.21. The van der Waals surface area contributed by atoms with Gasteiger partial charge in [-0.3, -0.25) is 4.79 Å². The molecule has 0 bridgehead atoms. The molecule has 0 aromatic carbocycles. The van der Waals surface area contributed by atoms with Gasteiger partial charge in [0.1, 0.15) is 5.82 Å². The Kier molecular flexibility index (Phi) is 7.36. The molecular formula is C16H28N4O2S. The number of thioether (sulfide) groups is 1. The van der Waals surface area contributed by atoms with Crippen molar-refractivity contribution in [1.82, 2.24) is 20.1 Å². The van der Waals surface area contributed by atoms with Gasteiger partial charge in [-0.15, -0.1) is 10.2 Å². The summed E-state index contributed by atoms with van der Waals surface area (Å²) < 4.78 is 7.50. The molecule has 1 saturated heterocycles. The van der Waals surface area contributed by atoms with Crippen molar-refractivity contribution in [2.24, 2.45) is 11.8 Å². The van der Waals surface area contributed by atoms with Crippen LogP contribution in [0.5, 0.6) is 0 Å². The fourth-order valence-corrected chi connectivity index (χ4v) is 3.29. The highest BCUT2D eigenvalue weighted by Gasteiger charge is 2.21. The molecule has 0 radical (unpaired) electrons. The summed E-state index contributed by atoms with van der Waals surface area (Å²) in [4.78, 5) is 12.1. The van der Waals surface area contributed by atoms with Crippen molar-refractivity contribution in [2.45, 2.75) is 51.2 Å². The van der Waals surface area contributed by atoms with E-state index >= 15 is 0 Å². The van der Waals surface area contributed by atoms with Gasteiger partial charge >= 0.3 is 0 Å². The summed E-state index contributed by atoms with van der Waals surface area (Å²) in [5.74, 6) is 1.87. The van der Waals surface area contributed by atoms with Crippen molar-refractivity contribution in [3.63, 3.8) is 0 Å². The zero-order chi connectivity index (χ0) is 16.7. The van der Waals surface area contributed by atoms with Crippen LogP contribution in [0.2, 0.25) is 0 Å². The van der Waals surface area contributed by atoms with E-state index in [0.717, 1.165) is 43.2 Å². The summed E-state index contributed by atoms with van der Waals surface area (Å²) >= 11 is 1.63. The molecule has 0 spiro atoms. The number of rotatable bonds is 8. The molecule has 7 heteroatoms. The van der Waals surface area contributed by atoms with E-state index in [9.17, 15) is 4.79 Å². The second-order valence-corrected chi connectivity index (χ2v) is 7.16. The van der Waals surface area contributed by atoms with Crippen molar-refractivity contribution in [3.8, 4) is 0 Å². The van der Waals surface area contributed by atoms with Crippen molar-refractivity contribution in [1.29, 1.82) is 0 Å². The lowest BCUT2D eigenvalue weighted by atomic mass is 9.99. The molecule has 0 saturated carbocycles. The summed E-state index contributed by atoms with van der Waals surface area (Å²) in [6, 6.07) is 0. The van der Waals surface area contributed by atoms with E-state index in [4.69, 9.17) is 4.74 Å². The van der Waals surface area contributed by atoms with Crippen LogP contribution in [0.15, 0.2) is 5.16 Å². The van der Waals surface area contributed by atoms with Crippen LogP contribution < -0.4 is 5.32 Å². The number of nitrogens with one attached hydrogen (secondary N) is 1. The Balaban J connectivity index is 1.77. The predicted molar refractivity (Wildman–Crippen MR) is 91.5 cm³/mol. The summed E-state index contributed by atoms with van der Waals surface area (Å²) in [6.07, 6.45) is 5.43. The molecule has 1 aromatic heterocycles. The fourth-order valence-electron chi connectivity index (χ4n) is 2.77. The third-order valence-electron chi connectivity index (χ3n) is 3.99. The van der Waals surface area contributed by atoms with Crippen molar-refractivity contribution in [3.05, 3.63) is 5.82 Å². The molecule has 6 nitrogen and oxygen atoms in total. The summed E-state index contributed by atoms with van der Waals surface area (Å²) in [5, 5.41) is 12.6. The predicted octanol–water partition coefficient (Wildman–Crippen LogP) is 2.13. The molecule has 1 amide bonds. The average Bonchev–Trinajstić information content (AvgIpc) is 2.93. The number of aryl methyl sites for hydroxylation is 1. The third-order valence-corrected chi connectivity index (χ3v) is 4.66. The maximum Gasteiger partial charge on any atom is 0.223 e. The van der Waals surface area contributed by atoms with Gasteiger partial charge in [0, 0.05) is 38.6 Å². The standard InChI is InChI=1S/C16H28N4O2S/c1-12(2)11-20-14(18-19-16(20)23-3)5-4-8-17-15(21)13-6-9-22-10-7-13/h12-13H,4-11H2,1-3H3,(H,17,21). The van der Waals surface area contributed by atoms with Crippen LogP contribution >= 0.6 is 11.8 Å². The number of hydrogen-bond acceptors (Lipinski definition) is 5. The molecule has 1 aliphatic rings. The Morgan fingerprint density at radius 3 is 2.78 bits per heavy atom. The molecule has 1 N–H and O–H groups in total. The van der Waals surface area contributed by atoms with E-state index in [-0.39, 0.29) is 11.8 Å². The van der Waals surface area contributed by atoms with Crippen molar-refractivity contribution >= 4 is 17.7 Å².